The van der Waals surface area contributed by atoms with Gasteiger partial charge in [-0.3, -0.25) is 0 Å². The van der Waals surface area contributed by atoms with Gasteiger partial charge in [0.15, 0.2) is 0 Å². The summed E-state index contributed by atoms with van der Waals surface area (Å²) < 4.78 is 52.0. The fraction of sp³-hybridized carbons (Fsp3) is 0.200. The lowest BCUT2D eigenvalue weighted by atomic mass is 10.1. The van der Waals surface area contributed by atoms with Crippen molar-refractivity contribution in [2.24, 2.45) is 0 Å². The number of benzene rings is 2. The van der Waals surface area contributed by atoms with Crippen LogP contribution in [0, 0.1) is 5.82 Å². The molecule has 0 aromatic heterocycles. The van der Waals surface area contributed by atoms with Gasteiger partial charge in [-0.2, -0.15) is 13.2 Å². The summed E-state index contributed by atoms with van der Waals surface area (Å²) in [5.41, 5.74) is -0.211. The molecule has 6 heteroatoms. The van der Waals surface area contributed by atoms with E-state index in [1.807, 2.05) is 0 Å². The van der Waals surface area contributed by atoms with Crippen molar-refractivity contribution < 1.29 is 17.6 Å². The third kappa shape index (κ3) is 4.19. The Kier molecular flexibility index (Phi) is 4.85. The van der Waals surface area contributed by atoms with Gasteiger partial charge in [0.25, 0.3) is 0 Å². The molecule has 0 fully saturated rings. The van der Waals surface area contributed by atoms with Crippen LogP contribution in [0.2, 0.25) is 5.02 Å². The van der Waals surface area contributed by atoms with Crippen LogP contribution in [-0.2, 0) is 19.3 Å². The van der Waals surface area contributed by atoms with Gasteiger partial charge in [-0.25, -0.2) is 4.39 Å². The molecule has 0 unspecified atom stereocenters. The summed E-state index contributed by atoms with van der Waals surface area (Å²) in [5.74, 6) is -0.487. The van der Waals surface area contributed by atoms with E-state index < -0.39 is 17.6 Å². The first kappa shape index (κ1) is 15.8. The molecule has 0 radical (unpaired) electrons. The fourth-order valence-corrected chi connectivity index (χ4v) is 2.11. The Labute approximate surface area is 124 Å². The molecule has 0 spiro atoms. The van der Waals surface area contributed by atoms with Crippen LogP contribution in [0.25, 0.3) is 0 Å². The van der Waals surface area contributed by atoms with Crippen LogP contribution in [0.5, 0.6) is 0 Å². The van der Waals surface area contributed by atoms with Gasteiger partial charge < -0.3 is 5.32 Å². The SMILES string of the molecule is Fc1cc(Cl)ccc1CNCc1ccccc1C(F)(F)F. The number of halogens is 5. The Balaban J connectivity index is 2.04. The van der Waals surface area contributed by atoms with E-state index in [0.717, 1.165) is 6.07 Å². The number of alkyl halides is 3. The predicted molar refractivity (Wildman–Crippen MR) is 73.4 cm³/mol. The lowest BCUT2D eigenvalue weighted by Gasteiger charge is -2.13. The smallest absolute Gasteiger partial charge is 0.308 e. The monoisotopic (exact) mass is 317 g/mol. The minimum atomic E-state index is -4.40. The summed E-state index contributed by atoms with van der Waals surface area (Å²) in [6, 6.07) is 9.50. The van der Waals surface area contributed by atoms with Gasteiger partial charge in [-0.1, -0.05) is 35.9 Å². The second-order valence-electron chi connectivity index (χ2n) is 4.49. The Morgan fingerprint density at radius 2 is 1.62 bits per heavy atom. The molecule has 21 heavy (non-hydrogen) atoms. The molecule has 0 aliphatic carbocycles. The molecular weight excluding hydrogens is 306 g/mol. The van der Waals surface area contributed by atoms with Gasteiger partial charge in [-0.05, 0) is 23.8 Å². The highest BCUT2D eigenvalue weighted by molar-refractivity contribution is 6.30. The molecule has 0 aliphatic rings. The molecule has 0 heterocycles. The van der Waals surface area contributed by atoms with Crippen molar-refractivity contribution in [3.63, 3.8) is 0 Å². The van der Waals surface area contributed by atoms with Gasteiger partial charge in [0.2, 0.25) is 0 Å². The fourth-order valence-electron chi connectivity index (χ4n) is 1.95. The van der Waals surface area contributed by atoms with Crippen molar-refractivity contribution in [3.05, 3.63) is 70.0 Å². The first-order valence-electron chi connectivity index (χ1n) is 6.17. The minimum absolute atomic E-state index is 0.00223. The summed E-state index contributed by atoms with van der Waals surface area (Å²) in [6.45, 7) is 0.118. The van der Waals surface area contributed by atoms with Crippen LogP contribution < -0.4 is 5.32 Å². The first-order valence-corrected chi connectivity index (χ1v) is 6.55. The summed E-state index contributed by atoms with van der Waals surface area (Å²) in [4.78, 5) is 0. The van der Waals surface area contributed by atoms with E-state index in [-0.39, 0.29) is 23.7 Å². The van der Waals surface area contributed by atoms with Crippen LogP contribution in [0.1, 0.15) is 16.7 Å². The molecule has 112 valence electrons. The number of hydrogen-bond donors (Lipinski definition) is 1. The third-order valence-corrected chi connectivity index (χ3v) is 3.20. The maximum atomic E-state index is 13.5. The van der Waals surface area contributed by atoms with E-state index in [4.69, 9.17) is 11.6 Å². The number of rotatable bonds is 4. The minimum Gasteiger partial charge on any atom is -0.308 e. The van der Waals surface area contributed by atoms with Gasteiger partial charge >= 0.3 is 6.18 Å². The van der Waals surface area contributed by atoms with E-state index in [1.54, 1.807) is 0 Å². The van der Waals surface area contributed by atoms with Crippen molar-refractivity contribution in [2.45, 2.75) is 19.3 Å². The van der Waals surface area contributed by atoms with E-state index in [2.05, 4.69) is 5.32 Å². The van der Waals surface area contributed by atoms with E-state index in [1.165, 1.54) is 36.4 Å². The molecule has 0 atom stereocenters. The Hall–Kier alpha value is -1.59. The van der Waals surface area contributed by atoms with Gasteiger partial charge in [0.1, 0.15) is 5.82 Å². The van der Waals surface area contributed by atoms with Gasteiger partial charge in [0, 0.05) is 23.7 Å². The maximum absolute atomic E-state index is 13.5. The van der Waals surface area contributed by atoms with Crippen LogP contribution in [0.3, 0.4) is 0 Å². The molecule has 1 nitrogen and oxygen atoms in total. The zero-order chi connectivity index (χ0) is 15.5. The van der Waals surface area contributed by atoms with Gasteiger partial charge in [0.05, 0.1) is 5.56 Å². The van der Waals surface area contributed by atoms with E-state index in [9.17, 15) is 17.6 Å². The molecule has 0 bridgehead atoms. The zero-order valence-corrected chi connectivity index (χ0v) is 11.6. The number of nitrogens with one attached hydrogen (secondary N) is 1. The standard InChI is InChI=1S/C15H12ClF4N/c16-12-6-5-11(14(17)7-12)9-21-8-10-3-1-2-4-13(10)15(18,19)20/h1-7,21H,8-9H2. The average Bonchev–Trinajstić information content (AvgIpc) is 2.41. The Morgan fingerprint density at radius 1 is 0.952 bits per heavy atom. The Bertz CT molecular complexity index is 625. The Morgan fingerprint density at radius 3 is 2.29 bits per heavy atom. The molecule has 0 amide bonds. The summed E-state index contributed by atoms with van der Waals surface area (Å²) in [6.07, 6.45) is -4.40. The molecule has 2 rings (SSSR count). The zero-order valence-electron chi connectivity index (χ0n) is 10.8. The molecule has 0 saturated carbocycles. The van der Waals surface area contributed by atoms with Crippen molar-refractivity contribution in [1.82, 2.24) is 5.32 Å². The largest absolute Gasteiger partial charge is 0.416 e. The molecule has 1 N–H and O–H groups in total. The number of hydrogen-bond acceptors (Lipinski definition) is 1. The molecule has 2 aromatic rings. The topological polar surface area (TPSA) is 12.0 Å². The molecule has 0 aliphatic heterocycles. The van der Waals surface area contributed by atoms with Crippen molar-refractivity contribution >= 4 is 11.6 Å². The summed E-state index contributed by atoms with van der Waals surface area (Å²) in [5, 5.41) is 3.08. The van der Waals surface area contributed by atoms with Crippen LogP contribution in [0.4, 0.5) is 17.6 Å². The van der Waals surface area contributed by atoms with Crippen LogP contribution in [0.15, 0.2) is 42.5 Å². The van der Waals surface area contributed by atoms with Crippen LogP contribution >= 0.6 is 11.6 Å². The maximum Gasteiger partial charge on any atom is 0.416 e. The molecular formula is C15H12ClF4N. The molecule has 0 saturated heterocycles. The second-order valence-corrected chi connectivity index (χ2v) is 4.93. The lowest BCUT2D eigenvalue weighted by molar-refractivity contribution is -0.138. The lowest BCUT2D eigenvalue weighted by Crippen LogP contribution is -2.17. The second kappa shape index (κ2) is 6.45. The van der Waals surface area contributed by atoms with E-state index in [0.29, 0.717) is 5.56 Å². The van der Waals surface area contributed by atoms with E-state index >= 15 is 0 Å². The first-order chi connectivity index (χ1) is 9.88. The molecule has 2 aromatic carbocycles. The highest BCUT2D eigenvalue weighted by Gasteiger charge is 2.32. The van der Waals surface area contributed by atoms with Gasteiger partial charge in [-0.15, -0.1) is 0 Å². The highest BCUT2D eigenvalue weighted by Crippen LogP contribution is 2.31. The quantitative estimate of drug-likeness (QED) is 0.800. The predicted octanol–water partition coefficient (Wildman–Crippen LogP) is 4.79. The average molecular weight is 318 g/mol. The van der Waals surface area contributed by atoms with Crippen molar-refractivity contribution in [3.8, 4) is 0 Å². The third-order valence-electron chi connectivity index (χ3n) is 2.97. The summed E-state index contributed by atoms with van der Waals surface area (Å²) in [7, 11) is 0. The van der Waals surface area contributed by atoms with Crippen molar-refractivity contribution in [2.75, 3.05) is 0 Å². The van der Waals surface area contributed by atoms with Crippen LogP contribution in [-0.4, -0.2) is 0 Å². The summed E-state index contributed by atoms with van der Waals surface area (Å²) >= 11 is 5.63. The normalized spacial score (nSPS) is 11.7. The van der Waals surface area contributed by atoms with Crippen molar-refractivity contribution in [1.29, 1.82) is 0 Å². The highest BCUT2D eigenvalue weighted by atomic mass is 35.5.